The fraction of sp³-hybridized carbons (Fsp3) is 0.125. The van der Waals surface area contributed by atoms with Crippen molar-refractivity contribution in [2.75, 3.05) is 11.9 Å². The van der Waals surface area contributed by atoms with Gasteiger partial charge >= 0.3 is 0 Å². The summed E-state index contributed by atoms with van der Waals surface area (Å²) in [6.07, 6.45) is 0. The van der Waals surface area contributed by atoms with Crippen LogP contribution < -0.4 is 10.1 Å². The van der Waals surface area contributed by atoms with Crippen molar-refractivity contribution in [3.8, 4) is 5.75 Å². The van der Waals surface area contributed by atoms with E-state index in [1.807, 2.05) is 30.3 Å². The normalized spacial score (nSPS) is 11.0. The third-order valence-corrected chi connectivity index (χ3v) is 2.85. The van der Waals surface area contributed by atoms with Gasteiger partial charge in [-0.25, -0.2) is 0 Å². The van der Waals surface area contributed by atoms with Crippen molar-refractivity contribution in [1.82, 2.24) is 0 Å². The second kappa shape index (κ2) is 7.09. The minimum atomic E-state index is -0.224. The SMILES string of the molecule is C/C(=N\O)c1ccc(OCC(=O)Nc2ccccc2)cc1. The predicted molar refractivity (Wildman–Crippen MR) is 81.0 cm³/mol. The third kappa shape index (κ3) is 4.35. The Labute approximate surface area is 122 Å². The predicted octanol–water partition coefficient (Wildman–Crippen LogP) is 2.90. The number of ether oxygens (including phenoxy) is 1. The van der Waals surface area contributed by atoms with E-state index in [2.05, 4.69) is 10.5 Å². The molecule has 0 heterocycles. The Balaban J connectivity index is 1.87. The first-order valence-electron chi connectivity index (χ1n) is 6.46. The van der Waals surface area contributed by atoms with E-state index in [1.165, 1.54) is 0 Å². The number of nitrogens with one attached hydrogen (secondary N) is 1. The van der Waals surface area contributed by atoms with Crippen LogP contribution in [0, 0.1) is 0 Å². The number of carbonyl (C=O) groups excluding carboxylic acids is 1. The van der Waals surface area contributed by atoms with Gasteiger partial charge in [0.1, 0.15) is 5.75 Å². The second-order valence-corrected chi connectivity index (χ2v) is 4.41. The van der Waals surface area contributed by atoms with Gasteiger partial charge in [0.15, 0.2) is 6.61 Å². The Morgan fingerprint density at radius 2 is 1.81 bits per heavy atom. The van der Waals surface area contributed by atoms with Crippen molar-refractivity contribution in [3.05, 3.63) is 60.2 Å². The maximum Gasteiger partial charge on any atom is 0.262 e. The van der Waals surface area contributed by atoms with Gasteiger partial charge in [0.2, 0.25) is 0 Å². The summed E-state index contributed by atoms with van der Waals surface area (Å²) in [4.78, 5) is 11.7. The summed E-state index contributed by atoms with van der Waals surface area (Å²) < 4.78 is 5.39. The van der Waals surface area contributed by atoms with Gasteiger partial charge in [-0.1, -0.05) is 23.4 Å². The van der Waals surface area contributed by atoms with Crippen LogP contribution in [0.15, 0.2) is 59.8 Å². The first kappa shape index (κ1) is 14.6. The van der Waals surface area contributed by atoms with E-state index in [0.717, 1.165) is 11.3 Å². The van der Waals surface area contributed by atoms with Crippen LogP contribution in [0.25, 0.3) is 0 Å². The molecule has 0 aliphatic carbocycles. The number of rotatable bonds is 5. The van der Waals surface area contributed by atoms with Gasteiger partial charge in [-0.15, -0.1) is 0 Å². The van der Waals surface area contributed by atoms with Crippen molar-refractivity contribution in [3.63, 3.8) is 0 Å². The molecule has 2 N–H and O–H groups in total. The maximum atomic E-state index is 11.7. The van der Waals surface area contributed by atoms with Crippen LogP contribution in [-0.2, 0) is 4.79 Å². The fourth-order valence-corrected chi connectivity index (χ4v) is 1.72. The smallest absolute Gasteiger partial charge is 0.262 e. The lowest BCUT2D eigenvalue weighted by Crippen LogP contribution is -2.20. The molecule has 0 aliphatic rings. The Morgan fingerprint density at radius 3 is 2.43 bits per heavy atom. The quantitative estimate of drug-likeness (QED) is 0.504. The lowest BCUT2D eigenvalue weighted by molar-refractivity contribution is -0.118. The molecule has 0 radical (unpaired) electrons. The van der Waals surface area contributed by atoms with Crippen molar-refractivity contribution in [2.45, 2.75) is 6.92 Å². The van der Waals surface area contributed by atoms with E-state index in [0.29, 0.717) is 11.5 Å². The molecule has 21 heavy (non-hydrogen) atoms. The van der Waals surface area contributed by atoms with E-state index in [4.69, 9.17) is 9.94 Å². The van der Waals surface area contributed by atoms with E-state index in [-0.39, 0.29) is 12.5 Å². The van der Waals surface area contributed by atoms with Crippen LogP contribution in [0.2, 0.25) is 0 Å². The highest BCUT2D eigenvalue weighted by Gasteiger charge is 2.04. The molecule has 0 fully saturated rings. The van der Waals surface area contributed by atoms with Gasteiger partial charge in [-0.2, -0.15) is 0 Å². The average molecular weight is 284 g/mol. The first-order valence-corrected chi connectivity index (χ1v) is 6.46. The van der Waals surface area contributed by atoms with E-state index in [1.54, 1.807) is 31.2 Å². The topological polar surface area (TPSA) is 70.9 Å². The molecule has 1 amide bonds. The number of nitrogens with zero attached hydrogens (tertiary/aromatic N) is 1. The molecule has 5 heteroatoms. The number of amides is 1. The van der Waals surface area contributed by atoms with Gasteiger partial charge in [-0.05, 0) is 48.9 Å². The molecular formula is C16H16N2O3. The van der Waals surface area contributed by atoms with Gasteiger partial charge in [-0.3, -0.25) is 4.79 Å². The number of anilines is 1. The van der Waals surface area contributed by atoms with Gasteiger partial charge in [0.25, 0.3) is 5.91 Å². The summed E-state index contributed by atoms with van der Waals surface area (Å²) in [6, 6.07) is 16.2. The van der Waals surface area contributed by atoms with Gasteiger partial charge < -0.3 is 15.3 Å². The fourth-order valence-electron chi connectivity index (χ4n) is 1.72. The Hall–Kier alpha value is -2.82. The average Bonchev–Trinajstić information content (AvgIpc) is 2.53. The lowest BCUT2D eigenvalue weighted by Gasteiger charge is -2.08. The Bertz CT molecular complexity index is 622. The number of para-hydroxylation sites is 1. The van der Waals surface area contributed by atoms with Crippen molar-refractivity contribution < 1.29 is 14.7 Å². The third-order valence-electron chi connectivity index (χ3n) is 2.85. The largest absolute Gasteiger partial charge is 0.484 e. The zero-order valence-electron chi connectivity index (χ0n) is 11.6. The van der Waals surface area contributed by atoms with Crippen molar-refractivity contribution in [2.24, 2.45) is 5.16 Å². The summed E-state index contributed by atoms with van der Waals surface area (Å²) in [7, 11) is 0. The van der Waals surface area contributed by atoms with Crippen molar-refractivity contribution >= 4 is 17.3 Å². The Morgan fingerprint density at radius 1 is 1.14 bits per heavy atom. The molecule has 0 saturated carbocycles. The summed E-state index contributed by atoms with van der Waals surface area (Å²) >= 11 is 0. The molecular weight excluding hydrogens is 268 g/mol. The molecule has 2 aromatic rings. The van der Waals surface area contributed by atoms with Crippen LogP contribution in [0.5, 0.6) is 5.75 Å². The van der Waals surface area contributed by atoms with Crippen LogP contribution in [-0.4, -0.2) is 23.4 Å². The molecule has 108 valence electrons. The van der Waals surface area contributed by atoms with Crippen LogP contribution in [0.1, 0.15) is 12.5 Å². The molecule has 2 aromatic carbocycles. The van der Waals surface area contributed by atoms with E-state index >= 15 is 0 Å². The summed E-state index contributed by atoms with van der Waals surface area (Å²) in [5.41, 5.74) is 2.04. The monoisotopic (exact) mass is 284 g/mol. The van der Waals surface area contributed by atoms with Crippen LogP contribution in [0.4, 0.5) is 5.69 Å². The lowest BCUT2D eigenvalue weighted by atomic mass is 10.1. The number of benzene rings is 2. The molecule has 0 aromatic heterocycles. The molecule has 5 nitrogen and oxygen atoms in total. The zero-order chi connectivity index (χ0) is 15.1. The van der Waals surface area contributed by atoms with Gasteiger partial charge in [0.05, 0.1) is 5.71 Å². The van der Waals surface area contributed by atoms with Crippen LogP contribution in [0.3, 0.4) is 0 Å². The number of oxime groups is 1. The molecule has 0 saturated heterocycles. The van der Waals surface area contributed by atoms with Gasteiger partial charge in [0, 0.05) is 5.69 Å². The number of carbonyl (C=O) groups is 1. The minimum Gasteiger partial charge on any atom is -0.484 e. The summed E-state index contributed by atoms with van der Waals surface area (Å²) in [6.45, 7) is 1.63. The van der Waals surface area contributed by atoms with E-state index in [9.17, 15) is 4.79 Å². The molecule has 0 spiro atoms. The van der Waals surface area contributed by atoms with Crippen LogP contribution >= 0.6 is 0 Å². The first-order chi connectivity index (χ1) is 10.2. The molecule has 2 rings (SSSR count). The highest BCUT2D eigenvalue weighted by molar-refractivity contribution is 5.98. The molecule has 0 aliphatic heterocycles. The standard InChI is InChI=1S/C16H16N2O3/c1-12(18-20)13-7-9-15(10-8-13)21-11-16(19)17-14-5-3-2-4-6-14/h2-10,20H,11H2,1H3,(H,17,19)/b18-12+. The number of hydrogen-bond donors (Lipinski definition) is 2. The minimum absolute atomic E-state index is 0.0681. The highest BCUT2D eigenvalue weighted by Crippen LogP contribution is 2.13. The van der Waals surface area contributed by atoms with E-state index < -0.39 is 0 Å². The maximum absolute atomic E-state index is 11.7. The zero-order valence-corrected chi connectivity index (χ0v) is 11.6. The second-order valence-electron chi connectivity index (χ2n) is 4.41. The van der Waals surface area contributed by atoms with Crippen molar-refractivity contribution in [1.29, 1.82) is 0 Å². The summed E-state index contributed by atoms with van der Waals surface area (Å²) in [5.74, 6) is 0.353. The molecule has 0 unspecified atom stereocenters. The molecule has 0 bridgehead atoms. The Kier molecular flexibility index (Phi) is 4.93. The highest BCUT2D eigenvalue weighted by atomic mass is 16.5. The number of hydrogen-bond acceptors (Lipinski definition) is 4. The summed E-state index contributed by atoms with van der Waals surface area (Å²) in [5, 5.41) is 14.5. The molecule has 0 atom stereocenters.